The van der Waals surface area contributed by atoms with Gasteiger partial charge < -0.3 is 18.9 Å². The van der Waals surface area contributed by atoms with Gasteiger partial charge in [-0.25, -0.2) is 8.42 Å². The molecule has 0 N–H and O–H groups in total. The molecular weight excluding hydrogens is 552 g/mol. The molecule has 0 radical (unpaired) electrons. The summed E-state index contributed by atoms with van der Waals surface area (Å²) in [6.45, 7) is 4.08. The second-order valence-corrected chi connectivity index (χ2v) is 12.5. The summed E-state index contributed by atoms with van der Waals surface area (Å²) in [6, 6.07) is 21.5. The molecule has 0 spiro atoms. The van der Waals surface area contributed by atoms with Gasteiger partial charge in [0.25, 0.3) is 5.56 Å². The summed E-state index contributed by atoms with van der Waals surface area (Å²) in [4.78, 5) is 18.6. The number of hydrogen-bond acceptors (Lipinski definition) is 7. The van der Waals surface area contributed by atoms with Crippen LogP contribution in [-0.2, 0) is 28.4 Å². The van der Waals surface area contributed by atoms with Crippen molar-refractivity contribution in [1.82, 2.24) is 18.8 Å². The number of ether oxygens (including phenoxy) is 2. The Bertz CT molecular complexity index is 1600. The molecule has 0 atom stereocenters. The molecule has 1 aliphatic rings. The molecule has 0 amide bonds. The predicted octanol–water partition coefficient (Wildman–Crippen LogP) is 4.07. The zero-order valence-corrected chi connectivity index (χ0v) is 24.8. The minimum absolute atomic E-state index is 0.0607. The van der Waals surface area contributed by atoms with Gasteiger partial charge in [-0.3, -0.25) is 9.78 Å². The number of nitrogens with zero attached hydrogens (tertiary/aromatic N) is 4. The highest BCUT2D eigenvalue weighted by molar-refractivity contribution is 7.89. The highest BCUT2D eigenvalue weighted by Gasteiger charge is 2.26. The van der Waals surface area contributed by atoms with Crippen LogP contribution in [-0.4, -0.2) is 72.6 Å². The SMILES string of the molecule is Cn1c(=O)ccc2cc(OCCCN(CCN3CCC(OCc4cccnc4)CC3)S(=O)(=O)c3ccccc3)ccc21. The van der Waals surface area contributed by atoms with Crippen LogP contribution in [0.3, 0.4) is 0 Å². The maximum absolute atomic E-state index is 13.6. The maximum atomic E-state index is 13.6. The second kappa shape index (κ2) is 14.1. The fraction of sp³-hybridized carbons (Fsp3) is 0.375. The van der Waals surface area contributed by atoms with Crippen LogP contribution in [0.1, 0.15) is 24.8 Å². The van der Waals surface area contributed by atoms with Crippen LogP contribution in [0.15, 0.2) is 94.9 Å². The van der Waals surface area contributed by atoms with Gasteiger partial charge in [-0.05, 0) is 67.3 Å². The molecule has 0 bridgehead atoms. The predicted molar refractivity (Wildman–Crippen MR) is 163 cm³/mol. The van der Waals surface area contributed by atoms with E-state index in [0.717, 1.165) is 42.4 Å². The van der Waals surface area contributed by atoms with Gasteiger partial charge in [-0.2, -0.15) is 4.31 Å². The highest BCUT2D eigenvalue weighted by Crippen LogP contribution is 2.21. The van der Waals surface area contributed by atoms with E-state index in [9.17, 15) is 13.2 Å². The molecule has 222 valence electrons. The van der Waals surface area contributed by atoms with Gasteiger partial charge >= 0.3 is 0 Å². The van der Waals surface area contributed by atoms with Crippen LogP contribution < -0.4 is 10.3 Å². The quantitative estimate of drug-likeness (QED) is 0.217. The zero-order valence-electron chi connectivity index (χ0n) is 24.0. The van der Waals surface area contributed by atoms with Crippen molar-refractivity contribution in [2.24, 2.45) is 7.05 Å². The van der Waals surface area contributed by atoms with Crippen molar-refractivity contribution in [3.05, 3.63) is 101 Å². The molecule has 2 aromatic carbocycles. The Morgan fingerprint density at radius 3 is 2.55 bits per heavy atom. The Morgan fingerprint density at radius 1 is 0.976 bits per heavy atom. The van der Waals surface area contributed by atoms with Crippen LogP contribution in [0.2, 0.25) is 0 Å². The fourth-order valence-corrected chi connectivity index (χ4v) is 6.72. The number of sulfonamides is 1. The Morgan fingerprint density at radius 2 is 1.79 bits per heavy atom. The third-order valence-corrected chi connectivity index (χ3v) is 9.62. The lowest BCUT2D eigenvalue weighted by Gasteiger charge is -2.33. The minimum atomic E-state index is -3.65. The number of aryl methyl sites for hydroxylation is 1. The molecule has 1 fully saturated rings. The van der Waals surface area contributed by atoms with Gasteiger partial charge in [0.1, 0.15) is 5.75 Å². The minimum Gasteiger partial charge on any atom is -0.494 e. The summed E-state index contributed by atoms with van der Waals surface area (Å²) in [5.74, 6) is 0.687. The number of piperidine rings is 1. The van der Waals surface area contributed by atoms with Gasteiger partial charge in [0.2, 0.25) is 10.0 Å². The monoisotopic (exact) mass is 590 g/mol. The van der Waals surface area contributed by atoms with Crippen LogP contribution in [0.5, 0.6) is 5.75 Å². The number of hydrogen-bond donors (Lipinski definition) is 0. The first-order chi connectivity index (χ1) is 20.4. The molecule has 0 aliphatic carbocycles. The van der Waals surface area contributed by atoms with Crippen molar-refractivity contribution in [3.8, 4) is 5.75 Å². The van der Waals surface area contributed by atoms with Crippen LogP contribution >= 0.6 is 0 Å². The van der Waals surface area contributed by atoms with E-state index in [2.05, 4.69) is 9.88 Å². The first-order valence-corrected chi connectivity index (χ1v) is 15.8. The Labute approximate surface area is 247 Å². The van der Waals surface area contributed by atoms with Crippen molar-refractivity contribution in [1.29, 1.82) is 0 Å². The molecule has 0 saturated carbocycles. The zero-order chi connectivity index (χ0) is 29.4. The van der Waals surface area contributed by atoms with E-state index in [-0.39, 0.29) is 11.7 Å². The largest absolute Gasteiger partial charge is 0.494 e. The molecule has 10 heteroatoms. The van der Waals surface area contributed by atoms with E-state index in [0.29, 0.717) is 49.9 Å². The molecule has 2 aromatic heterocycles. The summed E-state index contributed by atoms with van der Waals surface area (Å²) in [6.07, 6.45) is 6.16. The molecule has 4 aromatic rings. The standard InChI is InChI=1S/C32H38N4O5S/c1-34-31-12-11-29(23-27(31)10-13-32(34)37)40-22-6-17-36(42(38,39)30-8-3-2-4-9-30)21-20-35-18-14-28(15-19-35)41-25-26-7-5-16-33-24-26/h2-5,7-13,16,23-24,28H,6,14-15,17-22,25H2,1H3. The molecule has 1 aliphatic heterocycles. The molecular formula is C32H38N4O5S. The average Bonchev–Trinajstić information content (AvgIpc) is 3.03. The van der Waals surface area contributed by atoms with Crippen molar-refractivity contribution < 1.29 is 17.9 Å². The molecule has 3 heterocycles. The van der Waals surface area contributed by atoms with Gasteiger partial charge in [0.15, 0.2) is 0 Å². The summed E-state index contributed by atoms with van der Waals surface area (Å²) in [5, 5.41) is 0.911. The highest BCUT2D eigenvalue weighted by atomic mass is 32.2. The lowest BCUT2D eigenvalue weighted by Crippen LogP contribution is -2.43. The summed E-state index contributed by atoms with van der Waals surface area (Å²) in [5.41, 5.74) is 1.84. The van der Waals surface area contributed by atoms with Crippen molar-refractivity contribution in [2.75, 3.05) is 39.3 Å². The summed E-state index contributed by atoms with van der Waals surface area (Å²) < 4.78 is 42.4. The third kappa shape index (κ3) is 7.63. The number of rotatable bonds is 13. The normalized spacial score (nSPS) is 14.9. The van der Waals surface area contributed by atoms with Gasteiger partial charge in [-0.15, -0.1) is 0 Å². The number of likely N-dealkylation sites (tertiary alicyclic amines) is 1. The smallest absolute Gasteiger partial charge is 0.250 e. The maximum Gasteiger partial charge on any atom is 0.250 e. The van der Waals surface area contributed by atoms with E-state index in [1.165, 1.54) is 6.07 Å². The lowest BCUT2D eigenvalue weighted by molar-refractivity contribution is -0.00301. The van der Waals surface area contributed by atoms with Gasteiger partial charge in [0, 0.05) is 63.6 Å². The Hall–Kier alpha value is -3.57. The molecule has 42 heavy (non-hydrogen) atoms. The third-order valence-electron chi connectivity index (χ3n) is 7.71. The Balaban J connectivity index is 1.14. The number of benzene rings is 2. The molecule has 1 saturated heterocycles. The van der Waals surface area contributed by atoms with Gasteiger partial charge in [0.05, 0.1) is 29.7 Å². The van der Waals surface area contributed by atoms with E-state index in [1.54, 1.807) is 52.4 Å². The van der Waals surface area contributed by atoms with Crippen LogP contribution in [0, 0.1) is 0 Å². The number of pyridine rings is 2. The van der Waals surface area contributed by atoms with Gasteiger partial charge in [-0.1, -0.05) is 24.3 Å². The average molecular weight is 591 g/mol. The summed E-state index contributed by atoms with van der Waals surface area (Å²) in [7, 11) is -1.90. The first-order valence-electron chi connectivity index (χ1n) is 14.4. The van der Waals surface area contributed by atoms with E-state index >= 15 is 0 Å². The van der Waals surface area contributed by atoms with E-state index < -0.39 is 10.0 Å². The Kier molecular flexibility index (Phi) is 10.0. The summed E-state index contributed by atoms with van der Waals surface area (Å²) >= 11 is 0. The van der Waals surface area contributed by atoms with E-state index in [4.69, 9.17) is 9.47 Å². The van der Waals surface area contributed by atoms with Crippen LogP contribution in [0.4, 0.5) is 0 Å². The van der Waals surface area contributed by atoms with Crippen LogP contribution in [0.25, 0.3) is 10.9 Å². The topological polar surface area (TPSA) is 94.0 Å². The fourth-order valence-electron chi connectivity index (χ4n) is 5.23. The second-order valence-electron chi connectivity index (χ2n) is 10.6. The lowest BCUT2D eigenvalue weighted by atomic mass is 10.1. The van der Waals surface area contributed by atoms with Crippen molar-refractivity contribution in [2.45, 2.75) is 36.9 Å². The molecule has 5 rings (SSSR count). The first kappa shape index (κ1) is 29.9. The number of aromatic nitrogens is 2. The van der Waals surface area contributed by atoms with Crippen molar-refractivity contribution in [3.63, 3.8) is 0 Å². The van der Waals surface area contributed by atoms with Crippen molar-refractivity contribution >= 4 is 20.9 Å². The molecule has 0 unspecified atom stereocenters. The van der Waals surface area contributed by atoms with E-state index in [1.807, 2.05) is 42.6 Å². The molecule has 9 nitrogen and oxygen atoms in total. The number of fused-ring (bicyclic) bond motifs is 1.